The van der Waals surface area contributed by atoms with Crippen LogP contribution in [-0.4, -0.2) is 40.3 Å². The minimum Gasteiger partial charge on any atom is -0.368 e. The van der Waals surface area contributed by atoms with Crippen LogP contribution in [0.15, 0.2) is 24.3 Å². The van der Waals surface area contributed by atoms with Gasteiger partial charge in [0.25, 0.3) is 0 Å². The lowest BCUT2D eigenvalue weighted by atomic mass is 9.97. The summed E-state index contributed by atoms with van der Waals surface area (Å²) in [6.45, 7) is 6.89. The summed E-state index contributed by atoms with van der Waals surface area (Å²) in [5.41, 5.74) is 1.10. The van der Waals surface area contributed by atoms with Gasteiger partial charge in [0.2, 0.25) is 0 Å². The molecule has 2 heterocycles. The number of fused-ring (bicyclic) bond motifs is 1. The maximum Gasteiger partial charge on any atom is 0.155 e. The van der Waals surface area contributed by atoms with Gasteiger partial charge in [-0.15, -0.1) is 0 Å². The molecule has 2 unspecified atom stereocenters. The number of anilines is 1. The van der Waals surface area contributed by atoms with Crippen molar-refractivity contribution >= 4 is 16.7 Å². The lowest BCUT2D eigenvalue weighted by molar-refractivity contribution is 0.103. The molecule has 0 amide bonds. The normalized spacial score (nSPS) is 23.5. The van der Waals surface area contributed by atoms with Gasteiger partial charge in [-0.1, -0.05) is 18.6 Å². The minimum absolute atomic E-state index is 0.736. The van der Waals surface area contributed by atoms with Crippen molar-refractivity contribution in [3.05, 3.63) is 24.3 Å². The highest BCUT2D eigenvalue weighted by Crippen LogP contribution is 2.23. The summed E-state index contributed by atoms with van der Waals surface area (Å²) < 4.78 is 0. The van der Waals surface area contributed by atoms with Crippen LogP contribution in [0.25, 0.3) is 10.9 Å². The summed E-state index contributed by atoms with van der Waals surface area (Å²) in [5, 5.41) is 12.1. The van der Waals surface area contributed by atoms with Crippen LogP contribution in [0.2, 0.25) is 0 Å². The Balaban J connectivity index is 1.50. The fraction of sp³-hybridized carbons (Fsp3) is 0.588. The number of nitrogens with one attached hydrogen (secondary N) is 2. The molecular weight excluding hydrogens is 260 g/mol. The van der Waals surface area contributed by atoms with Gasteiger partial charge in [0, 0.05) is 30.6 Å². The molecule has 4 nitrogen and oxygen atoms in total. The zero-order valence-electron chi connectivity index (χ0n) is 13.1. The first-order chi connectivity index (χ1) is 10.3. The van der Waals surface area contributed by atoms with E-state index in [1.54, 1.807) is 0 Å². The fourth-order valence-corrected chi connectivity index (χ4v) is 3.48. The Morgan fingerprint density at radius 1 is 1.24 bits per heavy atom. The SMILES string of the molecule is CC1CCCC(C)N1CCCNc1n[nH]c2ccccc12. The number of aromatic amines is 1. The Labute approximate surface area is 126 Å². The van der Waals surface area contributed by atoms with E-state index in [9.17, 15) is 0 Å². The Bertz CT molecular complexity index is 567. The molecule has 0 bridgehead atoms. The van der Waals surface area contributed by atoms with Crippen molar-refractivity contribution in [3.8, 4) is 0 Å². The summed E-state index contributed by atoms with van der Waals surface area (Å²) >= 11 is 0. The van der Waals surface area contributed by atoms with Gasteiger partial charge in [0.15, 0.2) is 5.82 Å². The standard InChI is InChI=1S/C17H26N4/c1-13-7-5-8-14(2)21(13)12-6-11-18-17-15-9-3-4-10-16(15)19-20-17/h3-4,9-10,13-14H,5-8,11-12H2,1-2H3,(H2,18,19,20). The maximum atomic E-state index is 4.36. The Hall–Kier alpha value is -1.55. The molecule has 21 heavy (non-hydrogen) atoms. The largest absolute Gasteiger partial charge is 0.368 e. The molecule has 1 aliphatic heterocycles. The van der Waals surface area contributed by atoms with E-state index in [1.807, 2.05) is 6.07 Å². The van der Waals surface area contributed by atoms with Gasteiger partial charge in [0.1, 0.15) is 0 Å². The molecule has 2 atom stereocenters. The van der Waals surface area contributed by atoms with Gasteiger partial charge in [0.05, 0.1) is 5.52 Å². The van der Waals surface area contributed by atoms with Crippen molar-refractivity contribution < 1.29 is 0 Å². The summed E-state index contributed by atoms with van der Waals surface area (Å²) in [7, 11) is 0. The van der Waals surface area contributed by atoms with Crippen LogP contribution in [0.3, 0.4) is 0 Å². The number of nitrogens with zero attached hydrogens (tertiary/aromatic N) is 2. The van der Waals surface area contributed by atoms with Crippen molar-refractivity contribution in [3.63, 3.8) is 0 Å². The van der Waals surface area contributed by atoms with Gasteiger partial charge >= 0.3 is 0 Å². The van der Waals surface area contributed by atoms with Crippen LogP contribution >= 0.6 is 0 Å². The molecule has 4 heteroatoms. The maximum absolute atomic E-state index is 4.36. The average Bonchev–Trinajstić information content (AvgIpc) is 2.89. The molecule has 0 aliphatic carbocycles. The Morgan fingerprint density at radius 3 is 2.81 bits per heavy atom. The van der Waals surface area contributed by atoms with Crippen LogP contribution in [0.4, 0.5) is 5.82 Å². The van der Waals surface area contributed by atoms with Crippen LogP contribution in [-0.2, 0) is 0 Å². The second kappa shape index (κ2) is 6.48. The molecule has 0 radical (unpaired) electrons. The first-order valence-electron chi connectivity index (χ1n) is 8.18. The quantitative estimate of drug-likeness (QED) is 0.825. The van der Waals surface area contributed by atoms with Crippen molar-refractivity contribution in [2.24, 2.45) is 0 Å². The average molecular weight is 286 g/mol. The predicted molar refractivity (Wildman–Crippen MR) is 88.7 cm³/mol. The van der Waals surface area contributed by atoms with Crippen LogP contribution in [0, 0.1) is 0 Å². The lowest BCUT2D eigenvalue weighted by Crippen LogP contribution is -2.44. The Morgan fingerprint density at radius 2 is 2.00 bits per heavy atom. The highest BCUT2D eigenvalue weighted by molar-refractivity contribution is 5.89. The molecule has 2 N–H and O–H groups in total. The third-order valence-corrected chi connectivity index (χ3v) is 4.73. The van der Waals surface area contributed by atoms with Gasteiger partial charge in [-0.2, -0.15) is 5.10 Å². The molecule has 114 valence electrons. The number of aromatic nitrogens is 2. The molecule has 2 aromatic rings. The first-order valence-corrected chi connectivity index (χ1v) is 8.18. The number of hydrogen-bond donors (Lipinski definition) is 2. The van der Waals surface area contributed by atoms with E-state index in [0.717, 1.165) is 36.4 Å². The number of rotatable bonds is 5. The number of hydrogen-bond acceptors (Lipinski definition) is 3. The number of piperidine rings is 1. The second-order valence-electron chi connectivity index (χ2n) is 6.26. The summed E-state index contributed by atoms with van der Waals surface area (Å²) in [6.07, 6.45) is 5.25. The molecule has 0 saturated carbocycles. The van der Waals surface area contributed by atoms with E-state index >= 15 is 0 Å². The van der Waals surface area contributed by atoms with Crippen molar-refractivity contribution in [2.75, 3.05) is 18.4 Å². The van der Waals surface area contributed by atoms with Gasteiger partial charge in [-0.05, 0) is 45.2 Å². The topological polar surface area (TPSA) is 44.0 Å². The third-order valence-electron chi connectivity index (χ3n) is 4.73. The molecule has 1 aromatic heterocycles. The molecule has 1 fully saturated rings. The van der Waals surface area contributed by atoms with Crippen molar-refractivity contribution in [1.29, 1.82) is 0 Å². The highest BCUT2D eigenvalue weighted by Gasteiger charge is 2.23. The van der Waals surface area contributed by atoms with E-state index < -0.39 is 0 Å². The zero-order chi connectivity index (χ0) is 14.7. The monoisotopic (exact) mass is 286 g/mol. The van der Waals surface area contributed by atoms with Crippen LogP contribution < -0.4 is 5.32 Å². The van der Waals surface area contributed by atoms with Crippen LogP contribution in [0.1, 0.15) is 39.5 Å². The van der Waals surface area contributed by atoms with E-state index in [1.165, 1.54) is 31.2 Å². The molecule has 1 saturated heterocycles. The summed E-state index contributed by atoms with van der Waals surface area (Å²) in [4.78, 5) is 2.66. The molecular formula is C17H26N4. The first kappa shape index (κ1) is 14.4. The predicted octanol–water partition coefficient (Wildman–Crippen LogP) is 3.63. The molecule has 1 aliphatic rings. The molecule has 0 spiro atoms. The van der Waals surface area contributed by atoms with Gasteiger partial charge in [-0.25, -0.2) is 0 Å². The van der Waals surface area contributed by atoms with Gasteiger partial charge in [-0.3, -0.25) is 10.00 Å². The summed E-state index contributed by atoms with van der Waals surface area (Å²) in [5.74, 6) is 0.977. The highest BCUT2D eigenvalue weighted by atomic mass is 15.2. The van der Waals surface area contributed by atoms with E-state index in [0.29, 0.717) is 0 Å². The molecule has 3 rings (SSSR count). The fourth-order valence-electron chi connectivity index (χ4n) is 3.48. The van der Waals surface area contributed by atoms with E-state index in [4.69, 9.17) is 0 Å². The van der Waals surface area contributed by atoms with E-state index in [-0.39, 0.29) is 0 Å². The van der Waals surface area contributed by atoms with E-state index in [2.05, 4.69) is 52.5 Å². The third kappa shape index (κ3) is 3.21. The number of likely N-dealkylation sites (tertiary alicyclic amines) is 1. The summed E-state index contributed by atoms with van der Waals surface area (Å²) in [6, 6.07) is 9.73. The molecule has 1 aromatic carbocycles. The zero-order valence-corrected chi connectivity index (χ0v) is 13.1. The lowest BCUT2D eigenvalue weighted by Gasteiger charge is -2.39. The smallest absolute Gasteiger partial charge is 0.155 e. The second-order valence-corrected chi connectivity index (χ2v) is 6.26. The Kier molecular flexibility index (Phi) is 4.44. The number of H-pyrrole nitrogens is 1. The van der Waals surface area contributed by atoms with Crippen molar-refractivity contribution in [1.82, 2.24) is 15.1 Å². The minimum atomic E-state index is 0.736. The van der Waals surface area contributed by atoms with Gasteiger partial charge < -0.3 is 5.32 Å². The number of benzene rings is 1. The van der Waals surface area contributed by atoms with Crippen molar-refractivity contribution in [2.45, 2.75) is 51.6 Å². The van der Waals surface area contributed by atoms with Crippen LogP contribution in [0.5, 0.6) is 0 Å². The number of para-hydroxylation sites is 1.